The molecule has 94 valence electrons. The van der Waals surface area contributed by atoms with Gasteiger partial charge in [-0.3, -0.25) is 4.79 Å². The molecule has 0 saturated heterocycles. The molecule has 1 amide bonds. The van der Waals surface area contributed by atoms with Gasteiger partial charge in [0.15, 0.2) is 0 Å². The highest BCUT2D eigenvalue weighted by Gasteiger charge is 2.43. The summed E-state index contributed by atoms with van der Waals surface area (Å²) in [7, 11) is 1.91. The lowest BCUT2D eigenvalue weighted by atomic mass is 9.68. The van der Waals surface area contributed by atoms with Gasteiger partial charge in [-0.05, 0) is 41.9 Å². The van der Waals surface area contributed by atoms with Crippen molar-refractivity contribution in [3.05, 3.63) is 20.8 Å². The third-order valence-electron chi connectivity index (χ3n) is 3.35. The summed E-state index contributed by atoms with van der Waals surface area (Å²) >= 11 is 5.08. The standard InChI is InChI=1S/C12H17BrN2OS/c1-14-8-12(3-2-4-12)11(16)15-6-10-5-9(13)7-17-10/h5,7,14H,2-4,6,8H2,1H3,(H,15,16). The maximum Gasteiger partial charge on any atom is 0.227 e. The Labute approximate surface area is 114 Å². The molecule has 0 atom stereocenters. The van der Waals surface area contributed by atoms with E-state index < -0.39 is 0 Å². The maximum absolute atomic E-state index is 12.2. The lowest BCUT2D eigenvalue weighted by Crippen LogP contribution is -2.50. The highest BCUT2D eigenvalue weighted by atomic mass is 79.9. The maximum atomic E-state index is 12.2. The van der Waals surface area contributed by atoms with Gasteiger partial charge in [0.1, 0.15) is 0 Å². The van der Waals surface area contributed by atoms with Gasteiger partial charge in [0.2, 0.25) is 5.91 Å². The van der Waals surface area contributed by atoms with E-state index >= 15 is 0 Å². The number of halogens is 1. The van der Waals surface area contributed by atoms with Crippen molar-refractivity contribution in [1.29, 1.82) is 0 Å². The van der Waals surface area contributed by atoms with Crippen molar-refractivity contribution in [2.24, 2.45) is 5.41 Å². The van der Waals surface area contributed by atoms with Gasteiger partial charge in [0.05, 0.1) is 12.0 Å². The van der Waals surface area contributed by atoms with E-state index in [2.05, 4.69) is 32.6 Å². The van der Waals surface area contributed by atoms with E-state index in [1.165, 1.54) is 11.3 Å². The molecule has 1 fully saturated rings. The van der Waals surface area contributed by atoms with Crippen LogP contribution in [0.1, 0.15) is 24.1 Å². The Bertz CT molecular complexity index is 401. The first kappa shape index (κ1) is 13.1. The highest BCUT2D eigenvalue weighted by Crippen LogP contribution is 2.40. The molecule has 17 heavy (non-hydrogen) atoms. The molecule has 1 heterocycles. The van der Waals surface area contributed by atoms with Crippen molar-refractivity contribution in [1.82, 2.24) is 10.6 Å². The molecule has 3 nitrogen and oxygen atoms in total. The number of thiophene rings is 1. The van der Waals surface area contributed by atoms with Gasteiger partial charge in [-0.15, -0.1) is 11.3 Å². The van der Waals surface area contributed by atoms with Crippen LogP contribution in [0.3, 0.4) is 0 Å². The van der Waals surface area contributed by atoms with E-state index in [1.54, 1.807) is 11.3 Å². The first-order chi connectivity index (χ1) is 8.16. The van der Waals surface area contributed by atoms with Crippen LogP contribution in [-0.2, 0) is 11.3 Å². The van der Waals surface area contributed by atoms with Crippen molar-refractivity contribution in [2.75, 3.05) is 13.6 Å². The number of hydrogen-bond donors (Lipinski definition) is 2. The smallest absolute Gasteiger partial charge is 0.227 e. The van der Waals surface area contributed by atoms with Gasteiger partial charge in [0, 0.05) is 21.3 Å². The van der Waals surface area contributed by atoms with Crippen molar-refractivity contribution in [2.45, 2.75) is 25.8 Å². The lowest BCUT2D eigenvalue weighted by Gasteiger charge is -2.40. The third kappa shape index (κ3) is 2.89. The number of hydrogen-bond acceptors (Lipinski definition) is 3. The first-order valence-corrected chi connectivity index (χ1v) is 7.49. The Kier molecular flexibility index (Phi) is 4.22. The van der Waals surface area contributed by atoms with E-state index in [0.29, 0.717) is 6.54 Å². The molecule has 0 aromatic carbocycles. The number of carbonyl (C=O) groups is 1. The third-order valence-corrected chi connectivity index (χ3v) is 5.05. The van der Waals surface area contributed by atoms with E-state index in [9.17, 15) is 4.79 Å². The monoisotopic (exact) mass is 316 g/mol. The Morgan fingerprint density at radius 2 is 2.35 bits per heavy atom. The van der Waals surface area contributed by atoms with E-state index in [0.717, 1.165) is 23.9 Å². The molecule has 0 radical (unpaired) electrons. The second-order valence-electron chi connectivity index (χ2n) is 4.58. The van der Waals surface area contributed by atoms with Crippen molar-refractivity contribution in [3.8, 4) is 0 Å². The second kappa shape index (κ2) is 5.50. The van der Waals surface area contributed by atoms with E-state index in [-0.39, 0.29) is 11.3 Å². The van der Waals surface area contributed by atoms with Gasteiger partial charge in [-0.25, -0.2) is 0 Å². The molecule has 1 saturated carbocycles. The van der Waals surface area contributed by atoms with Crippen LogP contribution in [0.25, 0.3) is 0 Å². The molecule has 5 heteroatoms. The molecule has 2 rings (SSSR count). The van der Waals surface area contributed by atoms with Crippen LogP contribution in [0, 0.1) is 5.41 Å². The molecule has 1 aliphatic carbocycles. The van der Waals surface area contributed by atoms with Gasteiger partial charge in [0.25, 0.3) is 0 Å². The van der Waals surface area contributed by atoms with Crippen molar-refractivity contribution >= 4 is 33.2 Å². The fourth-order valence-electron chi connectivity index (χ4n) is 2.23. The molecule has 0 bridgehead atoms. The molecule has 0 spiro atoms. The fraction of sp³-hybridized carbons (Fsp3) is 0.583. The molecule has 1 aromatic heterocycles. The van der Waals surface area contributed by atoms with E-state index in [4.69, 9.17) is 0 Å². The molecular formula is C12H17BrN2OS. The fourth-order valence-corrected chi connectivity index (χ4v) is 3.62. The van der Waals surface area contributed by atoms with Crippen LogP contribution in [0.15, 0.2) is 15.9 Å². The predicted molar refractivity (Wildman–Crippen MR) is 74.1 cm³/mol. The molecule has 0 unspecified atom stereocenters. The van der Waals surface area contributed by atoms with Crippen LogP contribution in [0.5, 0.6) is 0 Å². The van der Waals surface area contributed by atoms with Crippen molar-refractivity contribution in [3.63, 3.8) is 0 Å². The molecule has 1 aromatic rings. The SMILES string of the molecule is CNCC1(C(=O)NCc2cc(Br)cs2)CCC1. The average molecular weight is 317 g/mol. The summed E-state index contributed by atoms with van der Waals surface area (Å²) in [6.07, 6.45) is 3.18. The van der Waals surface area contributed by atoms with Crippen molar-refractivity contribution < 1.29 is 4.79 Å². The molecule has 2 N–H and O–H groups in total. The minimum absolute atomic E-state index is 0.150. The summed E-state index contributed by atoms with van der Waals surface area (Å²) in [5.41, 5.74) is -0.150. The minimum atomic E-state index is -0.150. The number of carbonyl (C=O) groups excluding carboxylic acids is 1. The second-order valence-corrected chi connectivity index (χ2v) is 6.49. The van der Waals surface area contributed by atoms with Crippen LogP contribution < -0.4 is 10.6 Å². The number of amides is 1. The minimum Gasteiger partial charge on any atom is -0.351 e. The Hall–Kier alpha value is -0.390. The van der Waals surface area contributed by atoms with Crippen LogP contribution in [0.4, 0.5) is 0 Å². The number of rotatable bonds is 5. The summed E-state index contributed by atoms with van der Waals surface area (Å²) < 4.78 is 1.08. The molecule has 0 aliphatic heterocycles. The Morgan fingerprint density at radius 3 is 2.82 bits per heavy atom. The zero-order chi connectivity index (χ0) is 12.3. The topological polar surface area (TPSA) is 41.1 Å². The zero-order valence-electron chi connectivity index (χ0n) is 9.88. The summed E-state index contributed by atoms with van der Waals surface area (Å²) in [6.45, 7) is 1.42. The van der Waals surface area contributed by atoms with Crippen LogP contribution in [-0.4, -0.2) is 19.5 Å². The Morgan fingerprint density at radius 1 is 1.59 bits per heavy atom. The molecule has 1 aliphatic rings. The normalized spacial score (nSPS) is 17.5. The summed E-state index contributed by atoms with van der Waals surface area (Å²) in [6, 6.07) is 2.05. The molecular weight excluding hydrogens is 300 g/mol. The van der Waals surface area contributed by atoms with E-state index in [1.807, 2.05) is 12.4 Å². The van der Waals surface area contributed by atoms with Gasteiger partial charge >= 0.3 is 0 Å². The first-order valence-electron chi connectivity index (χ1n) is 5.82. The zero-order valence-corrected chi connectivity index (χ0v) is 12.3. The summed E-state index contributed by atoms with van der Waals surface area (Å²) in [4.78, 5) is 13.3. The highest BCUT2D eigenvalue weighted by molar-refractivity contribution is 9.10. The summed E-state index contributed by atoms with van der Waals surface area (Å²) in [5.74, 6) is 0.197. The van der Waals surface area contributed by atoms with Gasteiger partial charge < -0.3 is 10.6 Å². The Balaban J connectivity index is 1.88. The lowest BCUT2D eigenvalue weighted by molar-refractivity contribution is -0.135. The van der Waals surface area contributed by atoms with Gasteiger partial charge in [-0.1, -0.05) is 6.42 Å². The quantitative estimate of drug-likeness (QED) is 0.876. The van der Waals surface area contributed by atoms with Crippen LogP contribution >= 0.6 is 27.3 Å². The average Bonchev–Trinajstić information content (AvgIpc) is 2.66. The van der Waals surface area contributed by atoms with Gasteiger partial charge in [-0.2, -0.15) is 0 Å². The largest absolute Gasteiger partial charge is 0.351 e. The van der Waals surface area contributed by atoms with Crippen LogP contribution in [0.2, 0.25) is 0 Å². The predicted octanol–water partition coefficient (Wildman–Crippen LogP) is 2.52. The summed E-state index contributed by atoms with van der Waals surface area (Å²) in [5, 5.41) is 8.21. The number of nitrogens with one attached hydrogen (secondary N) is 2.